The minimum absolute atomic E-state index is 0.0128. The SMILES string of the molecule is CC(CCO)CNS(=O)(=O)c1cc(C(=O)O)ccc1Br. The molecule has 6 nitrogen and oxygen atoms in total. The Balaban J connectivity index is 2.97. The monoisotopic (exact) mass is 365 g/mol. The molecule has 0 fully saturated rings. The fraction of sp³-hybridized carbons (Fsp3) is 0.417. The highest BCUT2D eigenvalue weighted by atomic mass is 79.9. The first-order chi connectivity index (χ1) is 9.27. The molecule has 1 atom stereocenters. The highest BCUT2D eigenvalue weighted by Crippen LogP contribution is 2.23. The molecule has 0 saturated carbocycles. The van der Waals surface area contributed by atoms with E-state index in [2.05, 4.69) is 20.7 Å². The van der Waals surface area contributed by atoms with E-state index >= 15 is 0 Å². The van der Waals surface area contributed by atoms with E-state index in [0.717, 1.165) is 6.07 Å². The Morgan fingerprint density at radius 3 is 2.65 bits per heavy atom. The molecule has 20 heavy (non-hydrogen) atoms. The Bertz CT molecular complexity index is 588. The zero-order valence-electron chi connectivity index (χ0n) is 10.8. The van der Waals surface area contributed by atoms with Crippen molar-refractivity contribution in [2.45, 2.75) is 18.2 Å². The van der Waals surface area contributed by atoms with Gasteiger partial charge in [-0.25, -0.2) is 17.9 Å². The largest absolute Gasteiger partial charge is 0.478 e. The predicted molar refractivity (Wildman–Crippen MR) is 77.2 cm³/mol. The maximum atomic E-state index is 12.1. The van der Waals surface area contributed by atoms with Crippen LogP contribution in [0.15, 0.2) is 27.6 Å². The van der Waals surface area contributed by atoms with E-state index in [1.54, 1.807) is 0 Å². The van der Waals surface area contributed by atoms with Gasteiger partial charge >= 0.3 is 5.97 Å². The molecule has 0 bridgehead atoms. The fourth-order valence-electron chi connectivity index (χ4n) is 1.49. The zero-order chi connectivity index (χ0) is 15.3. The molecule has 1 unspecified atom stereocenters. The summed E-state index contributed by atoms with van der Waals surface area (Å²) >= 11 is 3.10. The standard InChI is InChI=1S/C12H16BrNO5S/c1-8(4-5-15)7-14-20(18,19)11-6-9(12(16)17)2-3-10(11)13/h2-3,6,8,14-15H,4-5,7H2,1H3,(H,16,17). The van der Waals surface area contributed by atoms with Gasteiger partial charge in [-0.3, -0.25) is 0 Å². The Labute approximate surface area is 126 Å². The Morgan fingerprint density at radius 1 is 1.45 bits per heavy atom. The molecule has 112 valence electrons. The highest BCUT2D eigenvalue weighted by molar-refractivity contribution is 9.10. The van der Waals surface area contributed by atoms with Crippen LogP contribution in [0.2, 0.25) is 0 Å². The zero-order valence-corrected chi connectivity index (χ0v) is 13.2. The first-order valence-electron chi connectivity index (χ1n) is 5.91. The van der Waals surface area contributed by atoms with Crippen LogP contribution in [0, 0.1) is 5.92 Å². The lowest BCUT2D eigenvalue weighted by Crippen LogP contribution is -2.29. The summed E-state index contributed by atoms with van der Waals surface area (Å²) in [4.78, 5) is 10.8. The molecule has 1 aromatic rings. The third-order valence-electron chi connectivity index (χ3n) is 2.71. The molecule has 0 amide bonds. The summed E-state index contributed by atoms with van der Waals surface area (Å²) in [6, 6.07) is 3.81. The number of aliphatic hydroxyl groups is 1. The van der Waals surface area contributed by atoms with Crippen LogP contribution >= 0.6 is 15.9 Å². The molecule has 0 aliphatic heterocycles. The smallest absolute Gasteiger partial charge is 0.335 e. The Kier molecular flexibility index (Phi) is 6.12. The summed E-state index contributed by atoms with van der Waals surface area (Å²) in [5.41, 5.74) is -0.100. The summed E-state index contributed by atoms with van der Waals surface area (Å²) in [7, 11) is -3.80. The second-order valence-electron chi connectivity index (χ2n) is 4.42. The van der Waals surface area contributed by atoms with E-state index in [9.17, 15) is 13.2 Å². The van der Waals surface area contributed by atoms with Crippen LogP contribution in [0.4, 0.5) is 0 Å². The fourth-order valence-corrected chi connectivity index (χ4v) is 3.65. The number of hydrogen-bond donors (Lipinski definition) is 3. The normalized spacial score (nSPS) is 13.2. The van der Waals surface area contributed by atoms with Gasteiger partial charge in [0.25, 0.3) is 0 Å². The number of carboxylic acid groups (broad SMARTS) is 1. The van der Waals surface area contributed by atoms with E-state index in [1.165, 1.54) is 12.1 Å². The van der Waals surface area contributed by atoms with Crippen LogP contribution in [0.3, 0.4) is 0 Å². The number of benzene rings is 1. The molecule has 8 heteroatoms. The van der Waals surface area contributed by atoms with E-state index < -0.39 is 16.0 Å². The maximum Gasteiger partial charge on any atom is 0.335 e. The van der Waals surface area contributed by atoms with Gasteiger partial charge in [-0.05, 0) is 46.5 Å². The van der Waals surface area contributed by atoms with Gasteiger partial charge in [0, 0.05) is 17.6 Å². The minimum atomic E-state index is -3.80. The molecule has 1 aromatic carbocycles. The molecule has 0 spiro atoms. The van der Waals surface area contributed by atoms with Crippen LogP contribution in [-0.2, 0) is 10.0 Å². The number of sulfonamides is 1. The number of rotatable bonds is 7. The Morgan fingerprint density at radius 2 is 2.10 bits per heavy atom. The van der Waals surface area contributed by atoms with Crippen molar-refractivity contribution in [2.24, 2.45) is 5.92 Å². The number of nitrogens with one attached hydrogen (secondary N) is 1. The topological polar surface area (TPSA) is 104 Å². The number of halogens is 1. The van der Waals surface area contributed by atoms with Crippen molar-refractivity contribution in [3.05, 3.63) is 28.2 Å². The first kappa shape index (κ1) is 17.1. The van der Waals surface area contributed by atoms with Crippen molar-refractivity contribution in [3.63, 3.8) is 0 Å². The van der Waals surface area contributed by atoms with E-state index in [-0.39, 0.29) is 29.5 Å². The first-order valence-corrected chi connectivity index (χ1v) is 8.19. The van der Waals surface area contributed by atoms with Crippen LogP contribution in [0.1, 0.15) is 23.7 Å². The summed E-state index contributed by atoms with van der Waals surface area (Å²) in [5.74, 6) is -1.21. The Hall–Kier alpha value is -0.960. The molecular formula is C12H16BrNO5S. The minimum Gasteiger partial charge on any atom is -0.478 e. The quantitative estimate of drug-likeness (QED) is 0.678. The van der Waals surface area contributed by atoms with Gasteiger partial charge in [0.05, 0.1) is 10.5 Å². The van der Waals surface area contributed by atoms with Gasteiger partial charge in [-0.1, -0.05) is 6.92 Å². The van der Waals surface area contributed by atoms with Crippen molar-refractivity contribution in [2.75, 3.05) is 13.2 Å². The van der Waals surface area contributed by atoms with Gasteiger partial charge in [0.15, 0.2) is 0 Å². The van der Waals surface area contributed by atoms with Crippen molar-refractivity contribution in [1.82, 2.24) is 4.72 Å². The van der Waals surface area contributed by atoms with E-state index in [1.807, 2.05) is 6.92 Å². The molecular weight excluding hydrogens is 350 g/mol. The maximum absolute atomic E-state index is 12.1. The molecule has 0 radical (unpaired) electrons. The summed E-state index contributed by atoms with van der Waals surface area (Å²) < 4.78 is 27.0. The summed E-state index contributed by atoms with van der Waals surface area (Å²) in [6.07, 6.45) is 0.485. The van der Waals surface area contributed by atoms with Crippen molar-refractivity contribution in [1.29, 1.82) is 0 Å². The van der Waals surface area contributed by atoms with Crippen LogP contribution in [0.5, 0.6) is 0 Å². The van der Waals surface area contributed by atoms with Crippen LogP contribution in [-0.4, -0.2) is 37.8 Å². The molecule has 0 heterocycles. The van der Waals surface area contributed by atoms with Gasteiger partial charge in [0.1, 0.15) is 0 Å². The number of hydrogen-bond acceptors (Lipinski definition) is 4. The third kappa shape index (κ3) is 4.55. The van der Waals surface area contributed by atoms with Crippen LogP contribution < -0.4 is 4.72 Å². The van der Waals surface area contributed by atoms with E-state index in [4.69, 9.17) is 10.2 Å². The molecule has 0 aromatic heterocycles. The van der Waals surface area contributed by atoms with Crippen LogP contribution in [0.25, 0.3) is 0 Å². The number of carboxylic acids is 1. The van der Waals surface area contributed by atoms with Crippen molar-refractivity contribution in [3.8, 4) is 0 Å². The van der Waals surface area contributed by atoms with Crippen molar-refractivity contribution >= 4 is 31.9 Å². The average Bonchev–Trinajstić information content (AvgIpc) is 2.37. The molecule has 3 N–H and O–H groups in total. The number of aromatic carboxylic acids is 1. The average molecular weight is 366 g/mol. The second kappa shape index (κ2) is 7.16. The number of aliphatic hydroxyl groups excluding tert-OH is 1. The predicted octanol–water partition coefficient (Wildman–Crippen LogP) is 1.44. The summed E-state index contributed by atoms with van der Waals surface area (Å²) in [5, 5.41) is 17.7. The summed E-state index contributed by atoms with van der Waals surface area (Å²) in [6.45, 7) is 1.97. The second-order valence-corrected chi connectivity index (χ2v) is 7.01. The van der Waals surface area contributed by atoms with Gasteiger partial charge in [-0.2, -0.15) is 0 Å². The third-order valence-corrected chi connectivity index (χ3v) is 5.13. The van der Waals surface area contributed by atoms with Gasteiger partial charge in [-0.15, -0.1) is 0 Å². The molecule has 1 rings (SSSR count). The molecule has 0 aliphatic rings. The van der Waals surface area contributed by atoms with E-state index in [0.29, 0.717) is 10.9 Å². The highest BCUT2D eigenvalue weighted by Gasteiger charge is 2.20. The lowest BCUT2D eigenvalue weighted by molar-refractivity contribution is 0.0696. The van der Waals surface area contributed by atoms with Gasteiger partial charge in [0.2, 0.25) is 10.0 Å². The number of carbonyl (C=O) groups is 1. The van der Waals surface area contributed by atoms with Crippen molar-refractivity contribution < 1.29 is 23.4 Å². The molecule has 0 aliphatic carbocycles. The van der Waals surface area contributed by atoms with Gasteiger partial charge < -0.3 is 10.2 Å². The molecule has 0 saturated heterocycles. The lowest BCUT2D eigenvalue weighted by Gasteiger charge is -2.13. The lowest BCUT2D eigenvalue weighted by atomic mass is 10.1.